The van der Waals surface area contributed by atoms with Crippen LogP contribution in [0.25, 0.3) is 0 Å². The first-order valence-electron chi connectivity index (χ1n) is 6.25. The van der Waals surface area contributed by atoms with Gasteiger partial charge in [0.05, 0.1) is 6.61 Å². The Hall–Kier alpha value is -1.25. The predicted octanol–water partition coefficient (Wildman–Crippen LogP) is 2.40. The first-order valence-corrected chi connectivity index (χ1v) is 7.30. The number of benzene rings is 1. The van der Waals surface area contributed by atoms with E-state index < -0.39 is 16.9 Å². The van der Waals surface area contributed by atoms with Gasteiger partial charge in [-0.15, -0.1) is 17.2 Å². The van der Waals surface area contributed by atoms with Crippen LogP contribution in [-0.2, 0) is 20.1 Å². The molecule has 0 amide bonds. The summed E-state index contributed by atoms with van der Waals surface area (Å²) in [5.41, 5.74) is 0.750. The van der Waals surface area contributed by atoms with Gasteiger partial charge in [-0.2, -0.15) is 0 Å². The van der Waals surface area contributed by atoms with E-state index in [0.717, 1.165) is 11.3 Å². The van der Waals surface area contributed by atoms with Gasteiger partial charge in [-0.25, -0.2) is 0 Å². The molecule has 2 aliphatic rings. The monoisotopic (exact) mass is 296 g/mol. The van der Waals surface area contributed by atoms with E-state index in [1.165, 1.54) is 11.8 Å². The maximum absolute atomic E-state index is 10.7. The molecule has 3 rings (SSSR count). The van der Waals surface area contributed by atoms with E-state index >= 15 is 0 Å². The molecule has 0 aliphatic carbocycles. The highest BCUT2D eigenvalue weighted by Gasteiger charge is 2.42. The number of hydrogen-bond donors (Lipinski definition) is 1. The van der Waals surface area contributed by atoms with Crippen molar-refractivity contribution in [1.29, 1.82) is 0 Å². The molecule has 108 valence electrons. The molecule has 2 unspecified atom stereocenters. The van der Waals surface area contributed by atoms with Gasteiger partial charge >= 0.3 is 0 Å². The van der Waals surface area contributed by atoms with Crippen molar-refractivity contribution in [2.24, 2.45) is 0 Å². The molecule has 6 nitrogen and oxygen atoms in total. The predicted molar refractivity (Wildman–Crippen MR) is 72.1 cm³/mol. The van der Waals surface area contributed by atoms with Gasteiger partial charge in [0, 0.05) is 12.2 Å². The van der Waals surface area contributed by atoms with Gasteiger partial charge in [-0.3, -0.25) is 4.84 Å². The Balaban J connectivity index is 1.64. The Labute approximate surface area is 120 Å². The Bertz CT molecular complexity index is 493. The first-order chi connectivity index (χ1) is 9.74. The summed E-state index contributed by atoms with van der Waals surface area (Å²) in [5.74, 6) is 1.95. The van der Waals surface area contributed by atoms with Crippen molar-refractivity contribution >= 4 is 11.8 Å². The lowest BCUT2D eigenvalue weighted by molar-refractivity contribution is -0.328. The molecule has 2 aliphatic heterocycles. The summed E-state index contributed by atoms with van der Waals surface area (Å²) >= 11 is 1.50. The second kappa shape index (κ2) is 6.02. The third-order valence-corrected chi connectivity index (χ3v) is 4.26. The van der Waals surface area contributed by atoms with Crippen molar-refractivity contribution in [2.75, 3.05) is 6.61 Å². The number of rotatable bonds is 5. The van der Waals surface area contributed by atoms with Gasteiger partial charge in [0.25, 0.3) is 0 Å². The quantitative estimate of drug-likeness (QED) is 0.836. The van der Waals surface area contributed by atoms with Crippen LogP contribution in [0, 0.1) is 5.21 Å². The maximum Gasteiger partial charge on any atom is 0.187 e. The molecule has 0 saturated heterocycles. The summed E-state index contributed by atoms with van der Waals surface area (Å²) in [6, 6.07) is 9.92. The van der Waals surface area contributed by atoms with Gasteiger partial charge in [0.1, 0.15) is 5.76 Å². The van der Waals surface area contributed by atoms with Gasteiger partial charge in [0.2, 0.25) is 0 Å². The summed E-state index contributed by atoms with van der Waals surface area (Å²) in [7, 11) is 0. The summed E-state index contributed by atoms with van der Waals surface area (Å²) in [5, 5.41) is 18.9. The van der Waals surface area contributed by atoms with Crippen LogP contribution in [0.4, 0.5) is 0 Å². The van der Waals surface area contributed by atoms with Crippen molar-refractivity contribution in [3.05, 3.63) is 52.6 Å². The molecular weight excluding hydrogens is 282 g/mol. The Morgan fingerprint density at radius 1 is 1.40 bits per heavy atom. The van der Waals surface area contributed by atoms with Crippen molar-refractivity contribution in [2.45, 2.75) is 23.7 Å². The fraction of sp³-hybridized carbons (Fsp3) is 0.385. The van der Waals surface area contributed by atoms with E-state index in [0.29, 0.717) is 24.5 Å². The minimum absolute atomic E-state index is 0.399. The van der Waals surface area contributed by atoms with Gasteiger partial charge in [0.15, 0.2) is 17.3 Å². The highest BCUT2D eigenvalue weighted by Crippen LogP contribution is 2.40. The number of ether oxygens (including phenoxy) is 2. The van der Waals surface area contributed by atoms with Gasteiger partial charge in [-0.05, 0) is 5.56 Å². The Morgan fingerprint density at radius 3 is 2.95 bits per heavy atom. The molecule has 2 heterocycles. The van der Waals surface area contributed by atoms with Crippen LogP contribution >= 0.6 is 11.8 Å². The molecule has 0 aromatic heterocycles. The van der Waals surface area contributed by atoms with Crippen LogP contribution in [0.2, 0.25) is 0 Å². The third kappa shape index (κ3) is 2.92. The van der Waals surface area contributed by atoms with Crippen molar-refractivity contribution in [3.63, 3.8) is 0 Å². The van der Waals surface area contributed by atoms with Crippen molar-refractivity contribution in [3.8, 4) is 0 Å². The fourth-order valence-corrected chi connectivity index (χ4v) is 3.29. The molecular formula is C13H14NO5S-. The van der Waals surface area contributed by atoms with E-state index in [2.05, 4.69) is 0 Å². The molecule has 0 spiro atoms. The van der Waals surface area contributed by atoms with Gasteiger partial charge < -0.3 is 19.9 Å². The van der Waals surface area contributed by atoms with Crippen LogP contribution in [0.5, 0.6) is 0 Å². The van der Waals surface area contributed by atoms with E-state index in [9.17, 15) is 5.21 Å². The molecule has 7 heteroatoms. The van der Waals surface area contributed by atoms with E-state index in [-0.39, 0.29) is 0 Å². The fourth-order valence-electron chi connectivity index (χ4n) is 2.21. The SMILES string of the molecule is [O-]N(O)OC1C2=C(CCO2)OC1SCc1ccccc1. The minimum atomic E-state index is -0.705. The summed E-state index contributed by atoms with van der Waals surface area (Å²) in [4.78, 5) is 4.83. The van der Waals surface area contributed by atoms with Crippen LogP contribution in [0.15, 0.2) is 41.9 Å². The molecule has 0 saturated carbocycles. The third-order valence-electron chi connectivity index (χ3n) is 3.09. The lowest BCUT2D eigenvalue weighted by Gasteiger charge is -2.27. The largest absolute Gasteiger partial charge is 0.738 e. The highest BCUT2D eigenvalue weighted by molar-refractivity contribution is 7.99. The highest BCUT2D eigenvalue weighted by atomic mass is 32.2. The molecule has 1 N–H and O–H groups in total. The van der Waals surface area contributed by atoms with Crippen molar-refractivity contribution in [1.82, 2.24) is 5.39 Å². The van der Waals surface area contributed by atoms with Gasteiger partial charge in [-0.1, -0.05) is 30.3 Å². The molecule has 1 aromatic carbocycles. The minimum Gasteiger partial charge on any atom is -0.738 e. The van der Waals surface area contributed by atoms with Crippen LogP contribution < -0.4 is 0 Å². The zero-order valence-electron chi connectivity index (χ0n) is 10.6. The average Bonchev–Trinajstić information content (AvgIpc) is 3.00. The molecule has 0 fully saturated rings. The Kier molecular flexibility index (Phi) is 4.13. The zero-order chi connectivity index (χ0) is 13.9. The van der Waals surface area contributed by atoms with Crippen LogP contribution in [0.3, 0.4) is 0 Å². The zero-order valence-corrected chi connectivity index (χ0v) is 11.4. The topological polar surface area (TPSA) is 74.2 Å². The van der Waals surface area contributed by atoms with Crippen molar-refractivity contribution < 1.29 is 19.5 Å². The smallest absolute Gasteiger partial charge is 0.187 e. The molecule has 0 radical (unpaired) electrons. The lowest BCUT2D eigenvalue weighted by atomic mass is 10.2. The average molecular weight is 296 g/mol. The lowest BCUT2D eigenvalue weighted by Crippen LogP contribution is -2.31. The standard InChI is InChI=1S/C13H14NO5S/c15-14(16)19-12-11-10(6-7-17-11)18-13(12)20-8-9-4-2-1-3-5-9/h1-5,12-13,15H,6-8H2/q-1. The number of hydrogen-bond acceptors (Lipinski definition) is 7. The van der Waals surface area contributed by atoms with E-state index in [4.69, 9.17) is 19.5 Å². The van der Waals surface area contributed by atoms with E-state index in [1.807, 2.05) is 30.3 Å². The van der Waals surface area contributed by atoms with Crippen LogP contribution in [-0.4, -0.2) is 28.7 Å². The summed E-state index contributed by atoms with van der Waals surface area (Å²) in [6.45, 7) is 0.519. The Morgan fingerprint density at radius 2 is 2.20 bits per heavy atom. The summed E-state index contributed by atoms with van der Waals surface area (Å²) in [6.07, 6.45) is -0.0364. The second-order valence-electron chi connectivity index (χ2n) is 4.43. The molecule has 2 atom stereocenters. The maximum atomic E-state index is 10.7. The second-order valence-corrected chi connectivity index (χ2v) is 5.52. The first kappa shape index (κ1) is 13.7. The number of thioether (sulfide) groups is 1. The molecule has 1 aromatic rings. The normalized spacial score (nSPS) is 24.8. The van der Waals surface area contributed by atoms with Crippen LogP contribution in [0.1, 0.15) is 12.0 Å². The summed E-state index contributed by atoms with van der Waals surface area (Å²) < 4.78 is 11.1. The number of nitrogens with zero attached hydrogens (tertiary/aromatic N) is 1. The van der Waals surface area contributed by atoms with E-state index in [1.54, 1.807) is 0 Å². The molecule has 20 heavy (non-hydrogen) atoms. The molecule has 0 bridgehead atoms.